The summed E-state index contributed by atoms with van der Waals surface area (Å²) in [5.41, 5.74) is 1.15. The minimum atomic E-state index is 0.708. The van der Waals surface area contributed by atoms with Gasteiger partial charge in [0.1, 0.15) is 0 Å². The van der Waals surface area contributed by atoms with Gasteiger partial charge < -0.3 is 20.1 Å². The van der Waals surface area contributed by atoms with E-state index in [0.717, 1.165) is 53.9 Å². The number of benzene rings is 1. The van der Waals surface area contributed by atoms with Crippen LogP contribution >= 0.6 is 28.1 Å². The highest BCUT2D eigenvalue weighted by Crippen LogP contribution is 2.33. The van der Waals surface area contributed by atoms with Crippen LogP contribution in [0.1, 0.15) is 25.3 Å². The number of hydrogen-bond donors (Lipinski definition) is 2. The Balaban J connectivity index is 2.50. The van der Waals surface area contributed by atoms with Gasteiger partial charge in [0.15, 0.2) is 16.6 Å². The van der Waals surface area contributed by atoms with Crippen molar-refractivity contribution in [3.8, 4) is 11.5 Å². The topological polar surface area (TPSA) is 42.5 Å². The SMILES string of the molecule is CCCCNC(=S)NCCc1cc(OC)c(OC)cc1Br. The molecule has 0 aliphatic rings. The average molecular weight is 375 g/mol. The fraction of sp³-hybridized carbons (Fsp3) is 0.533. The number of unbranched alkanes of at least 4 members (excludes halogenated alkanes) is 1. The maximum atomic E-state index is 5.32. The van der Waals surface area contributed by atoms with E-state index in [9.17, 15) is 0 Å². The molecule has 6 heteroatoms. The molecule has 0 bridgehead atoms. The van der Waals surface area contributed by atoms with E-state index >= 15 is 0 Å². The van der Waals surface area contributed by atoms with Gasteiger partial charge in [-0.1, -0.05) is 29.3 Å². The second-order valence-corrected chi connectivity index (χ2v) is 5.85. The minimum absolute atomic E-state index is 0.708. The van der Waals surface area contributed by atoms with Gasteiger partial charge in [-0.05, 0) is 42.8 Å². The molecule has 0 saturated carbocycles. The Hall–Kier alpha value is -1.01. The summed E-state index contributed by atoms with van der Waals surface area (Å²) in [7, 11) is 3.27. The lowest BCUT2D eigenvalue weighted by Gasteiger charge is -2.13. The third kappa shape index (κ3) is 6.09. The molecule has 0 amide bonds. The van der Waals surface area contributed by atoms with Gasteiger partial charge in [-0.25, -0.2) is 0 Å². The van der Waals surface area contributed by atoms with Crippen LogP contribution in [0.4, 0.5) is 0 Å². The van der Waals surface area contributed by atoms with Crippen LogP contribution in [-0.2, 0) is 6.42 Å². The molecule has 0 fully saturated rings. The van der Waals surface area contributed by atoms with Crippen LogP contribution in [0.15, 0.2) is 16.6 Å². The highest BCUT2D eigenvalue weighted by Gasteiger charge is 2.09. The van der Waals surface area contributed by atoms with Gasteiger partial charge in [0.05, 0.1) is 14.2 Å². The van der Waals surface area contributed by atoms with Crippen LogP contribution < -0.4 is 20.1 Å². The summed E-state index contributed by atoms with van der Waals surface area (Å²) < 4.78 is 11.6. The Morgan fingerprint density at radius 3 is 2.38 bits per heavy atom. The molecular formula is C15H23BrN2O2S. The maximum Gasteiger partial charge on any atom is 0.166 e. The number of ether oxygens (including phenoxy) is 2. The van der Waals surface area contributed by atoms with Crippen molar-refractivity contribution in [3.63, 3.8) is 0 Å². The Morgan fingerprint density at radius 1 is 1.14 bits per heavy atom. The number of rotatable bonds is 8. The number of halogens is 1. The number of nitrogens with one attached hydrogen (secondary N) is 2. The Kier molecular flexibility index (Phi) is 8.45. The molecule has 0 heterocycles. The molecule has 0 spiro atoms. The molecule has 0 radical (unpaired) electrons. The second-order valence-electron chi connectivity index (χ2n) is 4.58. The first-order valence-corrected chi connectivity index (χ1v) is 8.24. The van der Waals surface area contributed by atoms with E-state index in [-0.39, 0.29) is 0 Å². The predicted molar refractivity (Wildman–Crippen MR) is 94.5 cm³/mol. The zero-order valence-electron chi connectivity index (χ0n) is 12.8. The number of hydrogen-bond acceptors (Lipinski definition) is 3. The lowest BCUT2D eigenvalue weighted by Crippen LogP contribution is -2.36. The van der Waals surface area contributed by atoms with E-state index in [1.165, 1.54) is 0 Å². The van der Waals surface area contributed by atoms with Gasteiger partial charge in [0, 0.05) is 17.6 Å². The molecule has 21 heavy (non-hydrogen) atoms. The van der Waals surface area contributed by atoms with Crippen LogP contribution in [0.5, 0.6) is 11.5 Å². The molecule has 0 saturated heterocycles. The lowest BCUT2D eigenvalue weighted by atomic mass is 10.1. The fourth-order valence-corrected chi connectivity index (χ4v) is 2.56. The van der Waals surface area contributed by atoms with Crippen molar-refractivity contribution >= 4 is 33.3 Å². The maximum absolute atomic E-state index is 5.32. The van der Waals surface area contributed by atoms with Crippen LogP contribution in [0.25, 0.3) is 0 Å². The highest BCUT2D eigenvalue weighted by molar-refractivity contribution is 9.10. The zero-order valence-corrected chi connectivity index (χ0v) is 15.2. The summed E-state index contributed by atoms with van der Waals surface area (Å²) in [6, 6.07) is 3.91. The summed E-state index contributed by atoms with van der Waals surface area (Å²) in [5.74, 6) is 1.46. The zero-order chi connectivity index (χ0) is 15.7. The molecule has 0 unspecified atom stereocenters. The van der Waals surface area contributed by atoms with Crippen LogP contribution in [-0.4, -0.2) is 32.4 Å². The summed E-state index contributed by atoms with van der Waals surface area (Å²) >= 11 is 8.78. The normalized spacial score (nSPS) is 10.1. The van der Waals surface area contributed by atoms with Gasteiger partial charge in [0.2, 0.25) is 0 Å². The first kappa shape index (κ1) is 18.0. The third-order valence-corrected chi connectivity index (χ3v) is 4.08. The summed E-state index contributed by atoms with van der Waals surface area (Å²) in [6.07, 6.45) is 3.13. The Morgan fingerprint density at radius 2 is 1.76 bits per heavy atom. The van der Waals surface area contributed by atoms with Gasteiger partial charge in [-0.2, -0.15) is 0 Å². The van der Waals surface area contributed by atoms with Crippen LogP contribution in [0, 0.1) is 0 Å². The first-order chi connectivity index (χ1) is 10.1. The van der Waals surface area contributed by atoms with Crippen molar-refractivity contribution in [2.24, 2.45) is 0 Å². The fourth-order valence-electron chi connectivity index (χ4n) is 1.84. The molecule has 0 atom stereocenters. The first-order valence-electron chi connectivity index (χ1n) is 7.04. The molecule has 2 N–H and O–H groups in total. The number of methoxy groups -OCH3 is 2. The predicted octanol–water partition coefficient (Wildman–Crippen LogP) is 3.27. The summed E-state index contributed by atoms with van der Waals surface area (Å²) in [5, 5.41) is 7.11. The molecule has 0 aliphatic carbocycles. The van der Waals surface area contributed by atoms with Gasteiger partial charge in [0.25, 0.3) is 0 Å². The van der Waals surface area contributed by atoms with Crippen molar-refractivity contribution in [2.45, 2.75) is 26.2 Å². The molecular weight excluding hydrogens is 352 g/mol. The van der Waals surface area contributed by atoms with E-state index in [1.54, 1.807) is 14.2 Å². The van der Waals surface area contributed by atoms with Crippen molar-refractivity contribution < 1.29 is 9.47 Å². The summed E-state index contributed by atoms with van der Waals surface area (Å²) in [4.78, 5) is 0. The van der Waals surface area contributed by atoms with Crippen molar-refractivity contribution in [2.75, 3.05) is 27.3 Å². The van der Waals surface area contributed by atoms with E-state index in [4.69, 9.17) is 21.7 Å². The van der Waals surface area contributed by atoms with Crippen LogP contribution in [0.2, 0.25) is 0 Å². The van der Waals surface area contributed by atoms with Gasteiger partial charge >= 0.3 is 0 Å². The van der Waals surface area contributed by atoms with E-state index in [0.29, 0.717) is 5.11 Å². The molecule has 4 nitrogen and oxygen atoms in total. The minimum Gasteiger partial charge on any atom is -0.493 e. The molecule has 1 rings (SSSR count). The highest BCUT2D eigenvalue weighted by atomic mass is 79.9. The van der Waals surface area contributed by atoms with Crippen molar-refractivity contribution in [1.29, 1.82) is 0 Å². The number of thiocarbonyl (C=S) groups is 1. The Labute approximate surface area is 140 Å². The largest absolute Gasteiger partial charge is 0.493 e. The average Bonchev–Trinajstić information content (AvgIpc) is 2.48. The molecule has 1 aromatic rings. The van der Waals surface area contributed by atoms with Crippen molar-refractivity contribution in [3.05, 3.63) is 22.2 Å². The van der Waals surface area contributed by atoms with E-state index < -0.39 is 0 Å². The molecule has 0 aromatic heterocycles. The second kappa shape index (κ2) is 9.84. The standard InChI is InChI=1S/C15H23BrN2O2S/c1-4-5-7-17-15(21)18-8-6-11-9-13(19-2)14(20-3)10-12(11)16/h9-10H,4-8H2,1-3H3,(H2,17,18,21). The monoisotopic (exact) mass is 374 g/mol. The Bertz CT molecular complexity index is 469. The lowest BCUT2D eigenvalue weighted by molar-refractivity contribution is 0.354. The summed E-state index contributed by atoms with van der Waals surface area (Å²) in [6.45, 7) is 3.85. The molecule has 0 aliphatic heterocycles. The quantitative estimate of drug-likeness (QED) is 0.539. The van der Waals surface area contributed by atoms with Crippen LogP contribution in [0.3, 0.4) is 0 Å². The third-order valence-electron chi connectivity index (χ3n) is 3.05. The molecule has 118 valence electrons. The van der Waals surface area contributed by atoms with Gasteiger partial charge in [-0.15, -0.1) is 0 Å². The van der Waals surface area contributed by atoms with Gasteiger partial charge in [-0.3, -0.25) is 0 Å². The van der Waals surface area contributed by atoms with E-state index in [2.05, 4.69) is 33.5 Å². The smallest absolute Gasteiger partial charge is 0.166 e. The molecule has 1 aromatic carbocycles. The van der Waals surface area contributed by atoms with Crippen molar-refractivity contribution in [1.82, 2.24) is 10.6 Å². The van der Waals surface area contributed by atoms with E-state index in [1.807, 2.05) is 12.1 Å².